The number of carbonyl (C=O) groups excluding carboxylic acids is 4. The first kappa shape index (κ1) is 97.1. The van der Waals surface area contributed by atoms with E-state index in [1.807, 2.05) is 0 Å². The highest BCUT2D eigenvalue weighted by atomic mass is 31.2. The van der Waals surface area contributed by atoms with Crippen molar-refractivity contribution in [2.75, 3.05) is 39.6 Å². The predicted octanol–water partition coefficient (Wildman–Crippen LogP) is 23.6. The summed E-state index contributed by atoms with van der Waals surface area (Å²) in [5, 5.41) is 10.6. The molecule has 0 saturated carbocycles. The summed E-state index contributed by atoms with van der Waals surface area (Å²) in [6, 6.07) is 0. The number of unbranched alkanes of at least 4 members (excludes halogenated alkanes) is 43. The molecule has 0 saturated heterocycles. The lowest BCUT2D eigenvalue weighted by Crippen LogP contribution is -2.30. The van der Waals surface area contributed by atoms with Crippen molar-refractivity contribution in [3.05, 3.63) is 0 Å². The van der Waals surface area contributed by atoms with Crippen LogP contribution in [0.1, 0.15) is 409 Å². The maximum atomic E-state index is 13.1. The Morgan fingerprint density at radius 3 is 0.626 bits per heavy atom. The summed E-state index contributed by atoms with van der Waals surface area (Å²) in [6.07, 6.45) is 55.7. The molecule has 0 aromatic heterocycles. The third kappa shape index (κ3) is 74.1. The quantitative estimate of drug-likeness (QED) is 0.0222. The van der Waals surface area contributed by atoms with E-state index in [-0.39, 0.29) is 25.7 Å². The first-order chi connectivity index (χ1) is 47.6. The summed E-state index contributed by atoms with van der Waals surface area (Å²) < 4.78 is 68.7. The van der Waals surface area contributed by atoms with Gasteiger partial charge >= 0.3 is 39.5 Å². The van der Waals surface area contributed by atoms with Gasteiger partial charge in [-0.3, -0.25) is 37.3 Å². The number of esters is 4. The monoisotopic (exact) mass is 1450 g/mol. The minimum absolute atomic E-state index is 0.107. The smallest absolute Gasteiger partial charge is 0.462 e. The van der Waals surface area contributed by atoms with Gasteiger partial charge in [-0.15, -0.1) is 0 Å². The van der Waals surface area contributed by atoms with Crippen molar-refractivity contribution in [2.24, 2.45) is 23.7 Å². The molecule has 0 rings (SSSR count). The second-order valence-corrected chi connectivity index (χ2v) is 33.6. The fourth-order valence-electron chi connectivity index (χ4n) is 12.3. The number of phosphoric ester groups is 2. The lowest BCUT2D eigenvalue weighted by molar-refractivity contribution is -0.161. The molecule has 0 aliphatic rings. The Morgan fingerprint density at radius 1 is 0.253 bits per heavy atom. The summed E-state index contributed by atoms with van der Waals surface area (Å²) in [5.74, 6) is 0.938. The van der Waals surface area contributed by atoms with Crippen LogP contribution in [-0.2, 0) is 65.4 Å². The van der Waals surface area contributed by atoms with Crippen LogP contribution in [0.5, 0.6) is 0 Å². The van der Waals surface area contributed by atoms with Gasteiger partial charge in [0.2, 0.25) is 0 Å². The number of hydrogen-bond donors (Lipinski definition) is 3. The molecule has 0 aliphatic heterocycles. The minimum Gasteiger partial charge on any atom is -0.462 e. The maximum Gasteiger partial charge on any atom is 0.472 e. The van der Waals surface area contributed by atoms with Gasteiger partial charge in [-0.25, -0.2) is 9.13 Å². The predicted molar refractivity (Wildman–Crippen MR) is 404 cm³/mol. The van der Waals surface area contributed by atoms with Crippen molar-refractivity contribution in [2.45, 2.75) is 427 Å². The van der Waals surface area contributed by atoms with E-state index in [1.54, 1.807) is 0 Å². The van der Waals surface area contributed by atoms with Crippen molar-refractivity contribution in [1.29, 1.82) is 0 Å². The van der Waals surface area contributed by atoms with Crippen LogP contribution in [0.2, 0.25) is 0 Å². The lowest BCUT2D eigenvalue weighted by atomic mass is 10.0. The summed E-state index contributed by atoms with van der Waals surface area (Å²) in [7, 11) is -9.92. The molecule has 0 radical (unpaired) electrons. The molecular formula is C80H156O17P2. The second-order valence-electron chi connectivity index (χ2n) is 30.7. The molecule has 0 aromatic carbocycles. The Kier molecular flexibility index (Phi) is 67.8. The van der Waals surface area contributed by atoms with Crippen LogP contribution in [0.15, 0.2) is 0 Å². The first-order valence-electron chi connectivity index (χ1n) is 41.2. The Hall–Kier alpha value is -1.94. The molecule has 19 heteroatoms. The van der Waals surface area contributed by atoms with Crippen LogP contribution >= 0.6 is 15.6 Å². The number of phosphoric acid groups is 2. The number of aliphatic hydroxyl groups excluding tert-OH is 1. The molecule has 3 N–H and O–H groups in total. The second kappa shape index (κ2) is 69.1. The topological polar surface area (TPSA) is 237 Å². The van der Waals surface area contributed by atoms with Gasteiger partial charge in [-0.1, -0.05) is 357 Å². The molecule has 99 heavy (non-hydrogen) atoms. The van der Waals surface area contributed by atoms with Crippen LogP contribution in [0.3, 0.4) is 0 Å². The van der Waals surface area contributed by atoms with Crippen molar-refractivity contribution < 1.29 is 80.2 Å². The van der Waals surface area contributed by atoms with Crippen LogP contribution in [-0.4, -0.2) is 96.7 Å². The van der Waals surface area contributed by atoms with E-state index in [0.717, 1.165) is 114 Å². The molecule has 0 aromatic rings. The molecule has 3 unspecified atom stereocenters. The van der Waals surface area contributed by atoms with Gasteiger partial charge in [0.05, 0.1) is 26.4 Å². The van der Waals surface area contributed by atoms with E-state index in [1.165, 1.54) is 205 Å². The van der Waals surface area contributed by atoms with Crippen molar-refractivity contribution in [3.8, 4) is 0 Å². The molecular weight excluding hydrogens is 1290 g/mol. The van der Waals surface area contributed by atoms with Gasteiger partial charge in [-0.05, 0) is 49.4 Å². The summed E-state index contributed by atoms with van der Waals surface area (Å²) in [6.45, 7) is 14.2. The molecule has 17 nitrogen and oxygen atoms in total. The summed E-state index contributed by atoms with van der Waals surface area (Å²) >= 11 is 0. The Labute approximate surface area is 607 Å². The van der Waals surface area contributed by atoms with Crippen LogP contribution in [0.4, 0.5) is 0 Å². The maximum absolute atomic E-state index is 13.1. The zero-order chi connectivity index (χ0) is 73.1. The van der Waals surface area contributed by atoms with E-state index in [4.69, 9.17) is 37.0 Å². The zero-order valence-electron chi connectivity index (χ0n) is 65.1. The van der Waals surface area contributed by atoms with E-state index >= 15 is 0 Å². The Bertz CT molecular complexity index is 1940. The number of aliphatic hydroxyl groups is 1. The fourth-order valence-corrected chi connectivity index (χ4v) is 13.8. The normalized spacial score (nSPS) is 14.1. The molecule has 5 atom stereocenters. The van der Waals surface area contributed by atoms with E-state index in [2.05, 4.69) is 55.4 Å². The first-order valence-corrected chi connectivity index (χ1v) is 44.2. The molecule has 0 bridgehead atoms. The highest BCUT2D eigenvalue weighted by molar-refractivity contribution is 7.47. The summed E-state index contributed by atoms with van der Waals surface area (Å²) in [5.41, 5.74) is 0. The summed E-state index contributed by atoms with van der Waals surface area (Å²) in [4.78, 5) is 72.9. The van der Waals surface area contributed by atoms with E-state index in [9.17, 15) is 43.2 Å². The van der Waals surface area contributed by atoms with Gasteiger partial charge in [0.1, 0.15) is 19.3 Å². The number of carbonyl (C=O) groups is 4. The molecule has 0 amide bonds. The zero-order valence-corrected chi connectivity index (χ0v) is 66.9. The molecule has 588 valence electrons. The van der Waals surface area contributed by atoms with Gasteiger partial charge in [-0.2, -0.15) is 0 Å². The molecule has 0 spiro atoms. The van der Waals surface area contributed by atoms with Crippen molar-refractivity contribution >= 4 is 39.5 Å². The fraction of sp³-hybridized carbons (Fsp3) is 0.950. The third-order valence-electron chi connectivity index (χ3n) is 18.6. The highest BCUT2D eigenvalue weighted by Crippen LogP contribution is 2.45. The van der Waals surface area contributed by atoms with Crippen molar-refractivity contribution in [3.63, 3.8) is 0 Å². The van der Waals surface area contributed by atoms with Crippen LogP contribution in [0, 0.1) is 23.7 Å². The number of hydrogen-bond acceptors (Lipinski definition) is 15. The number of ether oxygens (including phenoxy) is 4. The molecule has 0 fully saturated rings. The number of rotatable bonds is 77. The van der Waals surface area contributed by atoms with E-state index in [0.29, 0.717) is 31.6 Å². The van der Waals surface area contributed by atoms with Crippen LogP contribution in [0.25, 0.3) is 0 Å². The molecule has 0 aliphatic carbocycles. The van der Waals surface area contributed by atoms with Gasteiger partial charge in [0, 0.05) is 25.7 Å². The third-order valence-corrected chi connectivity index (χ3v) is 20.5. The standard InChI is InChI=1S/C80H156O17P2/c1-70(2)56-48-40-32-26-20-15-11-9-10-12-17-23-30-36-46-54-63-80(85)97-76(67-91-78(83)61-53-45-39-38-43-51-59-73(7)8)69-95-99(88,89)93-65-74(81)64-92-98(86,87)94-68-75(66-90-77(82)60-52-44-35-29-25-19-22-28-34-42-50-58-72(5)6)96-79(84)62-55-47-37-31-24-18-14-13-16-21-27-33-41-49-57-71(3)4/h70-76,81H,9-69H2,1-8H3,(H,86,87)(H,88,89)/t74?,75-,76-/m1/s1. The largest absolute Gasteiger partial charge is 0.472 e. The minimum atomic E-state index is -4.96. The average Bonchev–Trinajstić information content (AvgIpc) is 1.06. The average molecular weight is 1450 g/mol. The molecule has 0 heterocycles. The Balaban J connectivity index is 5.21. The highest BCUT2D eigenvalue weighted by Gasteiger charge is 2.30. The van der Waals surface area contributed by atoms with E-state index < -0.39 is 97.5 Å². The SMILES string of the molecule is CC(C)CCCCCCCCCCCCCCCCCCC(=O)O[C@H](COC(=O)CCCCCCCCC(C)C)COP(=O)(O)OCC(O)COP(=O)(O)OC[C@@H](COC(=O)CCCCCCCCCCCCCC(C)C)OC(=O)CCCCCCCCCCCCCCCCC(C)C. The van der Waals surface area contributed by atoms with Crippen molar-refractivity contribution in [1.82, 2.24) is 0 Å². The lowest BCUT2D eigenvalue weighted by Gasteiger charge is -2.21. The van der Waals surface area contributed by atoms with Gasteiger partial charge < -0.3 is 33.8 Å². The van der Waals surface area contributed by atoms with Crippen LogP contribution < -0.4 is 0 Å². The Morgan fingerprint density at radius 2 is 0.424 bits per heavy atom. The van der Waals surface area contributed by atoms with Gasteiger partial charge in [0.25, 0.3) is 0 Å². The van der Waals surface area contributed by atoms with Gasteiger partial charge in [0.15, 0.2) is 12.2 Å².